The molecule has 1 aromatic rings. The van der Waals surface area contributed by atoms with Crippen molar-refractivity contribution in [2.45, 2.75) is 25.9 Å². The second-order valence-electron chi connectivity index (χ2n) is 2.55. The molecule has 0 aliphatic heterocycles. The Balaban J connectivity index is 2.99. The van der Waals surface area contributed by atoms with Gasteiger partial charge in [0, 0.05) is 0 Å². The molecular formula is C9H12O2S. The van der Waals surface area contributed by atoms with E-state index in [-0.39, 0.29) is 5.78 Å². The summed E-state index contributed by atoms with van der Waals surface area (Å²) >= 11 is 1.56. The largest absolute Gasteiger partial charge is 0.454 e. The SMILES string of the molecule is CCSc1oc(C)cc1C(C)=O. The van der Waals surface area contributed by atoms with Crippen molar-refractivity contribution >= 4 is 17.5 Å². The highest BCUT2D eigenvalue weighted by Crippen LogP contribution is 2.26. The van der Waals surface area contributed by atoms with Crippen LogP contribution in [0.15, 0.2) is 15.6 Å². The Morgan fingerprint density at radius 3 is 2.83 bits per heavy atom. The third-order valence-corrected chi connectivity index (χ3v) is 2.33. The van der Waals surface area contributed by atoms with Crippen LogP contribution in [0, 0.1) is 6.92 Å². The average Bonchev–Trinajstić information content (AvgIpc) is 2.32. The van der Waals surface area contributed by atoms with Gasteiger partial charge in [-0.2, -0.15) is 0 Å². The lowest BCUT2D eigenvalue weighted by Crippen LogP contribution is -1.90. The minimum atomic E-state index is 0.0720. The van der Waals surface area contributed by atoms with Gasteiger partial charge in [-0.15, -0.1) is 0 Å². The van der Waals surface area contributed by atoms with Crippen LogP contribution in [0.3, 0.4) is 0 Å². The molecule has 0 unspecified atom stereocenters. The van der Waals surface area contributed by atoms with Gasteiger partial charge in [0.25, 0.3) is 0 Å². The van der Waals surface area contributed by atoms with Gasteiger partial charge >= 0.3 is 0 Å². The predicted octanol–water partition coefficient (Wildman–Crippen LogP) is 2.90. The summed E-state index contributed by atoms with van der Waals surface area (Å²) in [6.45, 7) is 5.45. The van der Waals surface area contributed by atoms with E-state index >= 15 is 0 Å². The molecular weight excluding hydrogens is 172 g/mol. The van der Waals surface area contributed by atoms with Gasteiger partial charge in [0.15, 0.2) is 10.9 Å². The molecule has 0 saturated carbocycles. The summed E-state index contributed by atoms with van der Waals surface area (Å²) in [6.07, 6.45) is 0. The second kappa shape index (κ2) is 3.81. The van der Waals surface area contributed by atoms with Crippen LogP contribution in [0.1, 0.15) is 30.0 Å². The molecule has 0 amide bonds. The summed E-state index contributed by atoms with van der Waals surface area (Å²) in [5, 5.41) is 0.752. The molecule has 0 aliphatic rings. The topological polar surface area (TPSA) is 30.2 Å². The van der Waals surface area contributed by atoms with E-state index in [0.29, 0.717) is 5.56 Å². The van der Waals surface area contributed by atoms with Crippen molar-refractivity contribution in [3.05, 3.63) is 17.4 Å². The molecule has 0 aromatic carbocycles. The van der Waals surface area contributed by atoms with Gasteiger partial charge in [-0.3, -0.25) is 4.79 Å². The zero-order chi connectivity index (χ0) is 9.14. The van der Waals surface area contributed by atoms with Crippen LogP contribution < -0.4 is 0 Å². The standard InChI is InChI=1S/C9H12O2S/c1-4-12-9-8(7(3)10)5-6(2)11-9/h5H,4H2,1-3H3. The maximum absolute atomic E-state index is 11.1. The highest BCUT2D eigenvalue weighted by molar-refractivity contribution is 7.99. The Morgan fingerprint density at radius 1 is 1.67 bits per heavy atom. The number of aryl methyl sites for hydroxylation is 1. The molecule has 2 nitrogen and oxygen atoms in total. The van der Waals surface area contributed by atoms with Crippen LogP contribution in [0.25, 0.3) is 0 Å². The number of rotatable bonds is 3. The van der Waals surface area contributed by atoms with E-state index in [1.807, 2.05) is 13.8 Å². The third kappa shape index (κ3) is 1.91. The number of hydrogen-bond acceptors (Lipinski definition) is 3. The number of carbonyl (C=O) groups excluding carboxylic acids is 1. The molecule has 3 heteroatoms. The summed E-state index contributed by atoms with van der Waals surface area (Å²) < 4.78 is 5.36. The van der Waals surface area contributed by atoms with E-state index in [2.05, 4.69) is 0 Å². The lowest BCUT2D eigenvalue weighted by molar-refractivity contribution is 0.101. The number of carbonyl (C=O) groups is 1. The molecule has 0 aliphatic carbocycles. The van der Waals surface area contributed by atoms with E-state index in [4.69, 9.17) is 4.42 Å². The van der Waals surface area contributed by atoms with Crippen molar-refractivity contribution in [1.82, 2.24) is 0 Å². The van der Waals surface area contributed by atoms with Crippen LogP contribution in [0.2, 0.25) is 0 Å². The number of Topliss-reactive ketones (excluding diaryl/α,β-unsaturated/α-hetero) is 1. The first kappa shape index (κ1) is 9.39. The maximum atomic E-state index is 11.1. The van der Waals surface area contributed by atoms with Gasteiger partial charge in [0.1, 0.15) is 5.76 Å². The summed E-state index contributed by atoms with van der Waals surface area (Å²) in [7, 11) is 0. The van der Waals surface area contributed by atoms with Crippen LogP contribution in [0.5, 0.6) is 0 Å². The quantitative estimate of drug-likeness (QED) is 0.534. The average molecular weight is 184 g/mol. The fraction of sp³-hybridized carbons (Fsp3) is 0.444. The Kier molecular flexibility index (Phi) is 2.98. The van der Waals surface area contributed by atoms with Crippen LogP contribution in [-0.4, -0.2) is 11.5 Å². The van der Waals surface area contributed by atoms with Crippen LogP contribution >= 0.6 is 11.8 Å². The molecule has 0 bridgehead atoms. The van der Waals surface area contributed by atoms with E-state index < -0.39 is 0 Å². The molecule has 0 atom stereocenters. The van der Waals surface area contributed by atoms with Crippen LogP contribution in [0.4, 0.5) is 0 Å². The van der Waals surface area contributed by atoms with Crippen molar-refractivity contribution in [2.24, 2.45) is 0 Å². The Morgan fingerprint density at radius 2 is 2.33 bits per heavy atom. The maximum Gasteiger partial charge on any atom is 0.171 e. The first-order valence-corrected chi connectivity index (χ1v) is 4.88. The van der Waals surface area contributed by atoms with E-state index in [0.717, 1.165) is 16.6 Å². The summed E-state index contributed by atoms with van der Waals surface area (Å²) in [5.41, 5.74) is 0.708. The third-order valence-electron chi connectivity index (χ3n) is 1.48. The summed E-state index contributed by atoms with van der Waals surface area (Å²) in [6, 6.07) is 1.79. The Hall–Kier alpha value is -0.700. The van der Waals surface area contributed by atoms with Crippen molar-refractivity contribution < 1.29 is 9.21 Å². The highest BCUT2D eigenvalue weighted by Gasteiger charge is 2.12. The molecule has 1 aromatic heterocycles. The number of ketones is 1. The molecule has 1 rings (SSSR count). The molecule has 0 radical (unpaired) electrons. The second-order valence-corrected chi connectivity index (χ2v) is 3.78. The number of furan rings is 1. The van der Waals surface area contributed by atoms with Crippen molar-refractivity contribution in [3.63, 3.8) is 0 Å². The molecule has 0 saturated heterocycles. The van der Waals surface area contributed by atoms with E-state index in [1.165, 1.54) is 0 Å². The molecule has 66 valence electrons. The van der Waals surface area contributed by atoms with E-state index in [9.17, 15) is 4.79 Å². The molecule has 0 spiro atoms. The molecule has 0 fully saturated rings. The first-order chi connectivity index (χ1) is 5.65. The molecule has 1 heterocycles. The smallest absolute Gasteiger partial charge is 0.171 e. The van der Waals surface area contributed by atoms with Crippen molar-refractivity contribution in [3.8, 4) is 0 Å². The van der Waals surface area contributed by atoms with Gasteiger partial charge in [-0.05, 0) is 25.7 Å². The number of thioether (sulfide) groups is 1. The monoisotopic (exact) mass is 184 g/mol. The summed E-state index contributed by atoms with van der Waals surface area (Å²) in [5.74, 6) is 1.80. The predicted molar refractivity (Wildman–Crippen MR) is 49.8 cm³/mol. The van der Waals surface area contributed by atoms with Gasteiger partial charge in [-0.1, -0.05) is 18.7 Å². The van der Waals surface area contributed by atoms with E-state index in [1.54, 1.807) is 24.8 Å². The summed E-state index contributed by atoms with van der Waals surface area (Å²) in [4.78, 5) is 11.1. The fourth-order valence-electron chi connectivity index (χ4n) is 0.977. The highest BCUT2D eigenvalue weighted by atomic mass is 32.2. The zero-order valence-corrected chi connectivity index (χ0v) is 8.33. The molecule has 0 N–H and O–H groups in total. The minimum Gasteiger partial charge on any atom is -0.454 e. The van der Waals surface area contributed by atoms with Crippen molar-refractivity contribution in [2.75, 3.05) is 5.75 Å². The van der Waals surface area contributed by atoms with Gasteiger partial charge < -0.3 is 4.42 Å². The van der Waals surface area contributed by atoms with Crippen molar-refractivity contribution in [1.29, 1.82) is 0 Å². The first-order valence-electron chi connectivity index (χ1n) is 3.89. The lowest BCUT2D eigenvalue weighted by Gasteiger charge is -1.94. The van der Waals surface area contributed by atoms with Gasteiger partial charge in [0.05, 0.1) is 5.56 Å². The Labute approximate surface area is 76.3 Å². The molecule has 12 heavy (non-hydrogen) atoms. The normalized spacial score (nSPS) is 10.2. The lowest BCUT2D eigenvalue weighted by atomic mass is 10.2. The van der Waals surface area contributed by atoms with Crippen LogP contribution in [-0.2, 0) is 0 Å². The van der Waals surface area contributed by atoms with Gasteiger partial charge in [-0.25, -0.2) is 0 Å². The Bertz CT molecular complexity index is 289. The number of hydrogen-bond donors (Lipinski definition) is 0. The zero-order valence-electron chi connectivity index (χ0n) is 7.51. The fourth-order valence-corrected chi connectivity index (χ4v) is 1.79. The minimum absolute atomic E-state index is 0.0720. The van der Waals surface area contributed by atoms with Gasteiger partial charge in [0.2, 0.25) is 0 Å².